The van der Waals surface area contributed by atoms with Crippen molar-refractivity contribution in [3.63, 3.8) is 0 Å². The molecule has 1 aliphatic rings. The van der Waals surface area contributed by atoms with Crippen LogP contribution in [0.5, 0.6) is 5.75 Å². The molecule has 1 heterocycles. The molecule has 1 saturated carbocycles. The first kappa shape index (κ1) is 19.3. The summed E-state index contributed by atoms with van der Waals surface area (Å²) in [5, 5.41) is 14.1. The van der Waals surface area contributed by atoms with Crippen LogP contribution in [-0.2, 0) is 0 Å². The standard InChI is InChI=1S/C20H19FN4O3/c1-3-16(26)12-5-6-14(21)18(19(12)28-2)13-8-15(13)24-20(27)25-17-7-4-11(9-22)10-23-17/h4-7,10,13,15H,3,8H2,1-2H3,(H2,23,24,25,27). The quantitative estimate of drug-likeness (QED) is 0.746. The molecule has 0 saturated heterocycles. The second-order valence-electron chi connectivity index (χ2n) is 6.41. The Morgan fingerprint density at radius 2 is 2.14 bits per heavy atom. The molecule has 3 rings (SSSR count). The molecule has 7 nitrogen and oxygen atoms in total. The van der Waals surface area contributed by atoms with Crippen LogP contribution >= 0.6 is 0 Å². The third-order valence-electron chi connectivity index (χ3n) is 4.58. The Morgan fingerprint density at radius 3 is 2.75 bits per heavy atom. The first-order valence-corrected chi connectivity index (χ1v) is 8.81. The number of pyridine rings is 1. The number of Topliss-reactive ketones (excluding diaryl/α,β-unsaturated/α-hetero) is 1. The Hall–Kier alpha value is -3.47. The summed E-state index contributed by atoms with van der Waals surface area (Å²) in [6, 6.07) is 6.93. The fourth-order valence-electron chi connectivity index (χ4n) is 3.08. The molecular weight excluding hydrogens is 363 g/mol. The monoisotopic (exact) mass is 382 g/mol. The van der Waals surface area contributed by atoms with Crippen molar-refractivity contribution < 1.29 is 18.7 Å². The molecule has 2 amide bonds. The minimum absolute atomic E-state index is 0.132. The van der Waals surface area contributed by atoms with Gasteiger partial charge in [-0.1, -0.05) is 6.92 Å². The maximum Gasteiger partial charge on any atom is 0.320 e. The molecule has 1 aliphatic carbocycles. The fraction of sp³-hybridized carbons (Fsp3) is 0.300. The number of hydrogen-bond acceptors (Lipinski definition) is 5. The van der Waals surface area contributed by atoms with E-state index in [4.69, 9.17) is 10.00 Å². The molecule has 2 unspecified atom stereocenters. The predicted molar refractivity (Wildman–Crippen MR) is 99.8 cm³/mol. The van der Waals surface area contributed by atoms with Crippen molar-refractivity contribution in [2.75, 3.05) is 12.4 Å². The maximum atomic E-state index is 14.4. The van der Waals surface area contributed by atoms with E-state index in [1.165, 1.54) is 31.5 Å². The Bertz CT molecular complexity index is 953. The lowest BCUT2D eigenvalue weighted by molar-refractivity contribution is 0.0985. The summed E-state index contributed by atoms with van der Waals surface area (Å²) < 4.78 is 19.8. The van der Waals surface area contributed by atoms with Crippen LogP contribution < -0.4 is 15.4 Å². The van der Waals surface area contributed by atoms with Gasteiger partial charge in [-0.3, -0.25) is 10.1 Å². The van der Waals surface area contributed by atoms with E-state index in [-0.39, 0.29) is 29.9 Å². The number of rotatable bonds is 6. The number of anilines is 1. The third-order valence-corrected chi connectivity index (χ3v) is 4.58. The maximum absolute atomic E-state index is 14.4. The summed E-state index contributed by atoms with van der Waals surface area (Å²) in [7, 11) is 1.40. The first-order chi connectivity index (χ1) is 13.5. The van der Waals surface area contributed by atoms with Crippen LogP contribution in [0.2, 0.25) is 0 Å². The van der Waals surface area contributed by atoms with Crippen molar-refractivity contribution >= 4 is 17.6 Å². The minimum atomic E-state index is -0.482. The topological polar surface area (TPSA) is 104 Å². The molecule has 2 aromatic rings. The van der Waals surface area contributed by atoms with Crippen molar-refractivity contribution in [2.24, 2.45) is 0 Å². The van der Waals surface area contributed by atoms with Gasteiger partial charge in [0, 0.05) is 30.1 Å². The average Bonchev–Trinajstić information content (AvgIpc) is 3.45. The van der Waals surface area contributed by atoms with Crippen molar-refractivity contribution in [3.8, 4) is 11.8 Å². The number of aromatic nitrogens is 1. The van der Waals surface area contributed by atoms with Crippen molar-refractivity contribution in [1.29, 1.82) is 5.26 Å². The van der Waals surface area contributed by atoms with Gasteiger partial charge < -0.3 is 10.1 Å². The highest BCUT2D eigenvalue weighted by Crippen LogP contribution is 2.47. The molecule has 0 aliphatic heterocycles. The molecular formula is C20H19FN4O3. The largest absolute Gasteiger partial charge is 0.496 e. The van der Waals surface area contributed by atoms with Gasteiger partial charge in [-0.25, -0.2) is 14.2 Å². The second kappa shape index (κ2) is 8.05. The Kier molecular flexibility index (Phi) is 5.54. The van der Waals surface area contributed by atoms with Crippen LogP contribution in [-0.4, -0.2) is 29.9 Å². The lowest BCUT2D eigenvalue weighted by atomic mass is 10.00. The van der Waals surface area contributed by atoms with Gasteiger partial charge in [0.15, 0.2) is 5.78 Å². The molecule has 2 N–H and O–H groups in total. The van der Waals surface area contributed by atoms with Crippen molar-refractivity contribution in [1.82, 2.24) is 10.3 Å². The molecule has 1 fully saturated rings. The molecule has 28 heavy (non-hydrogen) atoms. The number of nitriles is 1. The van der Waals surface area contributed by atoms with E-state index in [1.54, 1.807) is 13.0 Å². The van der Waals surface area contributed by atoms with E-state index in [9.17, 15) is 14.0 Å². The molecule has 2 atom stereocenters. The molecule has 1 aromatic heterocycles. The fourth-order valence-corrected chi connectivity index (χ4v) is 3.08. The van der Waals surface area contributed by atoms with Gasteiger partial charge in [0.25, 0.3) is 0 Å². The van der Waals surface area contributed by atoms with Crippen LogP contribution in [0.1, 0.15) is 47.2 Å². The van der Waals surface area contributed by atoms with E-state index in [0.717, 1.165) is 0 Å². The van der Waals surface area contributed by atoms with Crippen LogP contribution in [0, 0.1) is 17.1 Å². The number of carbonyl (C=O) groups excluding carboxylic acids is 2. The SMILES string of the molecule is CCC(=O)c1ccc(F)c(C2CC2NC(=O)Nc2ccc(C#N)cn2)c1OC. The highest BCUT2D eigenvalue weighted by atomic mass is 19.1. The highest BCUT2D eigenvalue weighted by molar-refractivity contribution is 5.99. The number of hydrogen-bond donors (Lipinski definition) is 2. The number of carbonyl (C=O) groups is 2. The number of nitrogens with one attached hydrogen (secondary N) is 2. The Labute approximate surface area is 161 Å². The summed E-state index contributed by atoms with van der Waals surface area (Å²) >= 11 is 0. The summed E-state index contributed by atoms with van der Waals surface area (Å²) in [5.74, 6) is -0.344. The summed E-state index contributed by atoms with van der Waals surface area (Å²) in [4.78, 5) is 28.2. The lowest BCUT2D eigenvalue weighted by Crippen LogP contribution is -2.31. The van der Waals surface area contributed by atoms with Crippen molar-refractivity contribution in [2.45, 2.75) is 31.7 Å². The minimum Gasteiger partial charge on any atom is -0.496 e. The Balaban J connectivity index is 1.70. The van der Waals surface area contributed by atoms with Gasteiger partial charge in [0.05, 0.1) is 18.2 Å². The highest BCUT2D eigenvalue weighted by Gasteiger charge is 2.43. The van der Waals surface area contributed by atoms with E-state index in [1.807, 2.05) is 6.07 Å². The zero-order valence-electron chi connectivity index (χ0n) is 15.5. The molecule has 8 heteroatoms. The molecule has 0 radical (unpaired) electrons. The zero-order chi connectivity index (χ0) is 20.3. The molecule has 1 aromatic carbocycles. The third kappa shape index (κ3) is 3.93. The number of benzene rings is 1. The summed E-state index contributed by atoms with van der Waals surface area (Å²) in [6.07, 6.45) is 2.17. The van der Waals surface area contributed by atoms with Gasteiger partial charge in [0.1, 0.15) is 23.5 Å². The van der Waals surface area contributed by atoms with Crippen LogP contribution in [0.4, 0.5) is 15.0 Å². The number of methoxy groups -OCH3 is 1. The van der Waals surface area contributed by atoms with Crippen LogP contribution in [0.25, 0.3) is 0 Å². The number of urea groups is 1. The molecule has 0 spiro atoms. The van der Waals surface area contributed by atoms with E-state index < -0.39 is 11.8 Å². The van der Waals surface area contributed by atoms with Gasteiger partial charge >= 0.3 is 6.03 Å². The molecule has 144 valence electrons. The van der Waals surface area contributed by atoms with Gasteiger partial charge in [-0.15, -0.1) is 0 Å². The van der Waals surface area contributed by atoms with Gasteiger partial charge in [0.2, 0.25) is 0 Å². The summed E-state index contributed by atoms with van der Waals surface area (Å²) in [5.41, 5.74) is 1.04. The number of ketones is 1. The second-order valence-corrected chi connectivity index (χ2v) is 6.41. The van der Waals surface area contributed by atoms with Crippen LogP contribution in [0.3, 0.4) is 0 Å². The average molecular weight is 382 g/mol. The summed E-state index contributed by atoms with van der Waals surface area (Å²) in [6.45, 7) is 1.73. The number of amides is 2. The van der Waals surface area contributed by atoms with E-state index in [0.29, 0.717) is 28.9 Å². The zero-order valence-corrected chi connectivity index (χ0v) is 15.5. The molecule has 0 bridgehead atoms. The Morgan fingerprint density at radius 1 is 1.36 bits per heavy atom. The van der Waals surface area contributed by atoms with E-state index >= 15 is 0 Å². The number of halogens is 1. The van der Waals surface area contributed by atoms with Crippen LogP contribution in [0.15, 0.2) is 30.5 Å². The van der Waals surface area contributed by atoms with Gasteiger partial charge in [-0.2, -0.15) is 5.26 Å². The van der Waals surface area contributed by atoms with Gasteiger partial charge in [-0.05, 0) is 30.7 Å². The normalized spacial score (nSPS) is 17.4. The number of ether oxygens (including phenoxy) is 1. The van der Waals surface area contributed by atoms with Crippen molar-refractivity contribution in [3.05, 3.63) is 53.0 Å². The predicted octanol–water partition coefficient (Wildman–Crippen LogP) is 3.37. The lowest BCUT2D eigenvalue weighted by Gasteiger charge is -2.14. The first-order valence-electron chi connectivity index (χ1n) is 8.81. The number of nitrogens with zero attached hydrogens (tertiary/aromatic N) is 2. The van der Waals surface area contributed by atoms with E-state index in [2.05, 4.69) is 15.6 Å². The smallest absolute Gasteiger partial charge is 0.320 e.